The molecular weight excluding hydrogens is 345 g/mol. The Balaban J connectivity index is 0.00000144. The zero-order chi connectivity index (χ0) is 15.2. The van der Waals surface area contributed by atoms with Crippen LogP contribution in [0.25, 0.3) is 0 Å². The summed E-state index contributed by atoms with van der Waals surface area (Å²) in [6.45, 7) is 4.95. The van der Waals surface area contributed by atoms with Crippen LogP contribution < -0.4 is 10.6 Å². The van der Waals surface area contributed by atoms with Gasteiger partial charge in [-0.1, -0.05) is 30.3 Å². The van der Waals surface area contributed by atoms with E-state index in [-0.39, 0.29) is 36.6 Å². The fourth-order valence-electron chi connectivity index (χ4n) is 3.55. The molecule has 0 radical (unpaired) electrons. The van der Waals surface area contributed by atoms with Crippen molar-refractivity contribution in [2.45, 2.75) is 38.3 Å². The number of piperidine rings is 2. The minimum atomic E-state index is 0. The van der Waals surface area contributed by atoms with Crippen molar-refractivity contribution >= 4 is 30.7 Å². The van der Waals surface area contributed by atoms with Gasteiger partial charge in [0, 0.05) is 25.7 Å². The maximum atomic E-state index is 12.5. The second-order valence-electron chi connectivity index (χ2n) is 6.61. The van der Waals surface area contributed by atoms with Crippen LogP contribution in [0.15, 0.2) is 30.3 Å². The van der Waals surface area contributed by atoms with Gasteiger partial charge in [-0.3, -0.25) is 9.69 Å². The predicted octanol–water partition coefficient (Wildman–Crippen LogP) is 2.61. The maximum Gasteiger partial charge on any atom is 0.224 e. The molecule has 3 rings (SSSR count). The van der Waals surface area contributed by atoms with Crippen LogP contribution in [-0.2, 0) is 11.3 Å². The summed E-state index contributed by atoms with van der Waals surface area (Å²) >= 11 is 0. The van der Waals surface area contributed by atoms with E-state index in [0.717, 1.165) is 58.4 Å². The van der Waals surface area contributed by atoms with Gasteiger partial charge in [0.05, 0.1) is 5.92 Å². The van der Waals surface area contributed by atoms with Crippen LogP contribution in [0.4, 0.5) is 0 Å². The fourth-order valence-corrected chi connectivity index (χ4v) is 3.55. The molecule has 0 saturated carbocycles. The number of carbonyl (C=O) groups excluding carboxylic acids is 1. The van der Waals surface area contributed by atoms with Gasteiger partial charge >= 0.3 is 0 Å². The molecule has 6 heteroatoms. The van der Waals surface area contributed by atoms with E-state index >= 15 is 0 Å². The highest BCUT2D eigenvalue weighted by molar-refractivity contribution is 5.85. The lowest BCUT2D eigenvalue weighted by Crippen LogP contribution is -2.50. The second-order valence-corrected chi connectivity index (χ2v) is 6.61. The lowest BCUT2D eigenvalue weighted by Gasteiger charge is -2.33. The van der Waals surface area contributed by atoms with E-state index < -0.39 is 0 Å². The molecule has 2 N–H and O–H groups in total. The molecule has 1 amide bonds. The van der Waals surface area contributed by atoms with Gasteiger partial charge in [-0.15, -0.1) is 24.8 Å². The van der Waals surface area contributed by atoms with Crippen molar-refractivity contribution in [1.82, 2.24) is 15.5 Å². The molecular formula is C18H29Cl2N3O. The highest BCUT2D eigenvalue weighted by atomic mass is 35.5. The molecule has 24 heavy (non-hydrogen) atoms. The highest BCUT2D eigenvalue weighted by Crippen LogP contribution is 2.19. The predicted molar refractivity (Wildman–Crippen MR) is 103 cm³/mol. The van der Waals surface area contributed by atoms with Gasteiger partial charge in [0.2, 0.25) is 5.91 Å². The number of hydrogen-bond acceptors (Lipinski definition) is 3. The van der Waals surface area contributed by atoms with E-state index in [9.17, 15) is 4.79 Å². The third kappa shape index (κ3) is 6.25. The van der Waals surface area contributed by atoms with Gasteiger partial charge < -0.3 is 10.6 Å². The summed E-state index contributed by atoms with van der Waals surface area (Å²) in [5.41, 5.74) is 1.33. The monoisotopic (exact) mass is 373 g/mol. The molecule has 2 aliphatic heterocycles. The standard InChI is InChI=1S/C18H27N3O.2ClH/c22-18(20-17-9-4-10-19-12-17)16-8-5-11-21(14-16)13-15-6-2-1-3-7-15;;/h1-3,6-7,16-17,19H,4-5,8-14H2,(H,20,22);2*1H/t16?,17-;;/m0../s1. The van der Waals surface area contributed by atoms with E-state index in [1.54, 1.807) is 0 Å². The molecule has 2 saturated heterocycles. The quantitative estimate of drug-likeness (QED) is 0.852. The molecule has 2 heterocycles. The van der Waals surface area contributed by atoms with E-state index in [2.05, 4.69) is 39.8 Å². The summed E-state index contributed by atoms with van der Waals surface area (Å²) in [5.74, 6) is 0.408. The molecule has 0 aromatic heterocycles. The first-order valence-corrected chi connectivity index (χ1v) is 8.58. The third-order valence-corrected chi connectivity index (χ3v) is 4.77. The molecule has 0 bridgehead atoms. The highest BCUT2D eigenvalue weighted by Gasteiger charge is 2.27. The van der Waals surface area contributed by atoms with E-state index in [4.69, 9.17) is 0 Å². The van der Waals surface area contributed by atoms with Crippen molar-refractivity contribution in [2.75, 3.05) is 26.2 Å². The van der Waals surface area contributed by atoms with Gasteiger partial charge in [0.1, 0.15) is 0 Å². The molecule has 1 unspecified atom stereocenters. The molecule has 4 nitrogen and oxygen atoms in total. The molecule has 0 aliphatic carbocycles. The minimum absolute atomic E-state index is 0. The van der Waals surface area contributed by atoms with Crippen LogP contribution in [-0.4, -0.2) is 43.0 Å². The normalized spacial score (nSPS) is 24.3. The summed E-state index contributed by atoms with van der Waals surface area (Å²) in [6, 6.07) is 10.9. The zero-order valence-corrected chi connectivity index (χ0v) is 15.7. The number of amides is 1. The first-order valence-electron chi connectivity index (χ1n) is 8.58. The molecule has 136 valence electrons. The molecule has 1 aromatic carbocycles. The molecule has 0 spiro atoms. The first-order chi connectivity index (χ1) is 10.8. The van der Waals surface area contributed by atoms with E-state index in [0.29, 0.717) is 6.04 Å². The number of nitrogens with one attached hydrogen (secondary N) is 2. The number of hydrogen-bond donors (Lipinski definition) is 2. The van der Waals surface area contributed by atoms with Crippen LogP contribution in [0, 0.1) is 5.92 Å². The number of carbonyl (C=O) groups is 1. The maximum absolute atomic E-state index is 12.5. The summed E-state index contributed by atoms with van der Waals surface area (Å²) in [7, 11) is 0. The molecule has 2 aliphatic rings. The van der Waals surface area contributed by atoms with Crippen molar-refractivity contribution in [1.29, 1.82) is 0 Å². The SMILES string of the molecule is Cl.Cl.O=C(N[C@H]1CCCNC1)C1CCCN(Cc2ccccc2)C1. The minimum Gasteiger partial charge on any atom is -0.352 e. The van der Waals surface area contributed by atoms with Gasteiger partial charge in [-0.25, -0.2) is 0 Å². The average Bonchev–Trinajstić information content (AvgIpc) is 2.57. The van der Waals surface area contributed by atoms with Crippen molar-refractivity contribution in [3.8, 4) is 0 Å². The first kappa shape index (κ1) is 21.2. The number of nitrogens with zero attached hydrogens (tertiary/aromatic N) is 1. The smallest absolute Gasteiger partial charge is 0.224 e. The second kappa shape index (κ2) is 10.9. The number of rotatable bonds is 4. The number of halogens is 2. The Kier molecular flexibility index (Phi) is 9.67. The van der Waals surface area contributed by atoms with Gasteiger partial charge in [0.25, 0.3) is 0 Å². The van der Waals surface area contributed by atoms with Crippen LogP contribution in [0.5, 0.6) is 0 Å². The number of benzene rings is 1. The van der Waals surface area contributed by atoms with E-state index in [1.807, 2.05) is 6.07 Å². The van der Waals surface area contributed by atoms with E-state index in [1.165, 1.54) is 5.56 Å². The summed E-state index contributed by atoms with van der Waals surface area (Å²) in [6.07, 6.45) is 4.42. The van der Waals surface area contributed by atoms with Crippen molar-refractivity contribution < 1.29 is 4.79 Å². The Bertz CT molecular complexity index is 480. The van der Waals surface area contributed by atoms with Crippen molar-refractivity contribution in [3.05, 3.63) is 35.9 Å². The molecule has 2 fully saturated rings. The number of likely N-dealkylation sites (tertiary alicyclic amines) is 1. The topological polar surface area (TPSA) is 44.4 Å². The van der Waals surface area contributed by atoms with Gasteiger partial charge in [0.15, 0.2) is 0 Å². The molecule has 2 atom stereocenters. The summed E-state index contributed by atoms with van der Waals surface area (Å²) < 4.78 is 0. The van der Waals surface area contributed by atoms with Crippen molar-refractivity contribution in [3.63, 3.8) is 0 Å². The van der Waals surface area contributed by atoms with Crippen LogP contribution in [0.2, 0.25) is 0 Å². The Labute approximate surface area is 157 Å². The average molecular weight is 374 g/mol. The Morgan fingerprint density at radius 2 is 1.96 bits per heavy atom. The largest absolute Gasteiger partial charge is 0.352 e. The zero-order valence-electron chi connectivity index (χ0n) is 14.1. The van der Waals surface area contributed by atoms with Crippen LogP contribution in [0.3, 0.4) is 0 Å². The van der Waals surface area contributed by atoms with Crippen LogP contribution >= 0.6 is 24.8 Å². The van der Waals surface area contributed by atoms with Gasteiger partial charge in [-0.2, -0.15) is 0 Å². The van der Waals surface area contributed by atoms with Crippen LogP contribution in [0.1, 0.15) is 31.2 Å². The Hall–Kier alpha value is -0.810. The Morgan fingerprint density at radius 1 is 1.17 bits per heavy atom. The lowest BCUT2D eigenvalue weighted by molar-refractivity contribution is -0.127. The van der Waals surface area contributed by atoms with Gasteiger partial charge in [-0.05, 0) is 44.3 Å². The lowest BCUT2D eigenvalue weighted by atomic mass is 9.95. The van der Waals surface area contributed by atoms with Crippen molar-refractivity contribution in [2.24, 2.45) is 5.92 Å². The third-order valence-electron chi connectivity index (χ3n) is 4.77. The summed E-state index contributed by atoms with van der Waals surface area (Å²) in [4.78, 5) is 14.9. The summed E-state index contributed by atoms with van der Waals surface area (Å²) in [5, 5.41) is 6.60. The Morgan fingerprint density at radius 3 is 2.67 bits per heavy atom. The molecule has 1 aromatic rings. The fraction of sp³-hybridized carbons (Fsp3) is 0.611.